The summed E-state index contributed by atoms with van der Waals surface area (Å²) in [4.78, 5) is 15.4. The maximum atomic E-state index is 5.31. The maximum Gasteiger partial charge on any atom is 0.160 e. The van der Waals surface area contributed by atoms with E-state index >= 15 is 0 Å². The highest BCUT2D eigenvalue weighted by Gasteiger charge is 2.18. The van der Waals surface area contributed by atoms with Crippen molar-refractivity contribution in [3.8, 4) is 45.2 Å². The van der Waals surface area contributed by atoms with E-state index in [9.17, 15) is 0 Å². The lowest BCUT2D eigenvalue weighted by Gasteiger charge is -2.16. The van der Waals surface area contributed by atoms with Crippen LogP contribution in [0, 0.1) is 0 Å². The van der Waals surface area contributed by atoms with Crippen LogP contribution in [0.15, 0.2) is 164 Å². The molecule has 0 spiro atoms. The summed E-state index contributed by atoms with van der Waals surface area (Å²) < 4.78 is 0. The standard InChI is InChI=1S/C43H27N3/c1-3-13-28(14-4-1)38-27-39(29-15-5-2-6-16-29)46-43(45-38)31-25-23-30(24-26-31)42-41-35-20-10-8-18-33(35)32-17-7-9-19-34(32)40(41)36-21-11-12-22-37(36)44-42/h1-27H. The van der Waals surface area contributed by atoms with Crippen LogP contribution in [-0.4, -0.2) is 15.0 Å². The zero-order valence-electron chi connectivity index (χ0n) is 24.9. The molecule has 2 heterocycles. The van der Waals surface area contributed by atoms with Gasteiger partial charge < -0.3 is 0 Å². The van der Waals surface area contributed by atoms with E-state index in [-0.39, 0.29) is 0 Å². The molecule has 0 radical (unpaired) electrons. The highest BCUT2D eigenvalue weighted by atomic mass is 14.9. The second-order valence-corrected chi connectivity index (χ2v) is 11.6. The fourth-order valence-corrected chi connectivity index (χ4v) is 6.70. The van der Waals surface area contributed by atoms with E-state index in [4.69, 9.17) is 15.0 Å². The summed E-state index contributed by atoms with van der Waals surface area (Å²) >= 11 is 0. The van der Waals surface area contributed by atoms with Gasteiger partial charge in [-0.3, -0.25) is 0 Å². The molecule has 7 aromatic carbocycles. The molecule has 0 unspecified atom stereocenters. The first-order chi connectivity index (χ1) is 22.8. The molecule has 0 amide bonds. The summed E-state index contributed by atoms with van der Waals surface area (Å²) in [6.07, 6.45) is 0. The molecular weight excluding hydrogens is 558 g/mol. The Morgan fingerprint density at radius 2 is 0.761 bits per heavy atom. The molecule has 0 aliphatic carbocycles. The Balaban J connectivity index is 1.26. The zero-order valence-corrected chi connectivity index (χ0v) is 24.9. The Kier molecular flexibility index (Phi) is 6.14. The van der Waals surface area contributed by atoms with E-state index in [1.54, 1.807) is 0 Å². The van der Waals surface area contributed by atoms with Gasteiger partial charge in [0.1, 0.15) is 0 Å². The number of nitrogens with zero attached hydrogens (tertiary/aromatic N) is 3. The Morgan fingerprint density at radius 1 is 0.304 bits per heavy atom. The van der Waals surface area contributed by atoms with Crippen molar-refractivity contribution in [1.82, 2.24) is 15.0 Å². The predicted molar refractivity (Wildman–Crippen MR) is 192 cm³/mol. The molecule has 0 bridgehead atoms. The minimum atomic E-state index is 0.694. The Bertz CT molecular complexity index is 2500. The van der Waals surface area contributed by atoms with Crippen molar-refractivity contribution in [1.29, 1.82) is 0 Å². The van der Waals surface area contributed by atoms with E-state index in [0.717, 1.165) is 44.9 Å². The molecule has 0 saturated heterocycles. The molecule has 46 heavy (non-hydrogen) atoms. The third kappa shape index (κ3) is 4.33. The van der Waals surface area contributed by atoms with Crippen LogP contribution in [-0.2, 0) is 0 Å². The summed E-state index contributed by atoms with van der Waals surface area (Å²) in [5.74, 6) is 0.694. The number of benzene rings is 7. The molecular formula is C43H27N3. The molecule has 0 atom stereocenters. The van der Waals surface area contributed by atoms with Crippen LogP contribution in [0.5, 0.6) is 0 Å². The molecule has 9 aromatic rings. The van der Waals surface area contributed by atoms with Crippen LogP contribution < -0.4 is 0 Å². The smallest absolute Gasteiger partial charge is 0.160 e. The average molecular weight is 586 g/mol. The lowest BCUT2D eigenvalue weighted by Crippen LogP contribution is -1.96. The first kappa shape index (κ1) is 26.2. The van der Waals surface area contributed by atoms with Crippen LogP contribution >= 0.6 is 0 Å². The third-order valence-corrected chi connectivity index (χ3v) is 8.86. The van der Waals surface area contributed by atoms with Crippen molar-refractivity contribution in [2.24, 2.45) is 0 Å². The van der Waals surface area contributed by atoms with Gasteiger partial charge in [0.2, 0.25) is 0 Å². The third-order valence-electron chi connectivity index (χ3n) is 8.86. The molecule has 9 rings (SSSR count). The van der Waals surface area contributed by atoms with E-state index < -0.39 is 0 Å². The van der Waals surface area contributed by atoms with Crippen LogP contribution in [0.1, 0.15) is 0 Å². The van der Waals surface area contributed by atoms with Gasteiger partial charge >= 0.3 is 0 Å². The van der Waals surface area contributed by atoms with Gasteiger partial charge in [0.05, 0.1) is 22.6 Å². The molecule has 0 N–H and O–H groups in total. The van der Waals surface area contributed by atoms with Gasteiger partial charge in [-0.25, -0.2) is 15.0 Å². The SMILES string of the molecule is c1ccc(-c2cc(-c3ccccc3)nc(-c3ccc(-c4nc5ccccc5c5c6ccccc6c6ccccc6c45)cc3)n2)cc1. The van der Waals surface area contributed by atoms with Crippen molar-refractivity contribution in [2.75, 3.05) is 0 Å². The number of fused-ring (bicyclic) bond motifs is 8. The van der Waals surface area contributed by atoms with E-state index in [1.165, 1.54) is 37.7 Å². The predicted octanol–water partition coefficient (Wildman–Crippen LogP) is 11.2. The number of aromatic nitrogens is 3. The monoisotopic (exact) mass is 585 g/mol. The number of hydrogen-bond donors (Lipinski definition) is 0. The molecule has 0 fully saturated rings. The highest BCUT2D eigenvalue weighted by Crippen LogP contribution is 2.42. The average Bonchev–Trinajstić information content (AvgIpc) is 3.15. The molecule has 0 aliphatic heterocycles. The van der Waals surface area contributed by atoms with Crippen LogP contribution in [0.2, 0.25) is 0 Å². The van der Waals surface area contributed by atoms with Crippen molar-refractivity contribution < 1.29 is 0 Å². The number of hydrogen-bond acceptors (Lipinski definition) is 3. The highest BCUT2D eigenvalue weighted by molar-refractivity contribution is 6.33. The quantitative estimate of drug-likeness (QED) is 0.193. The van der Waals surface area contributed by atoms with Gasteiger partial charge in [0, 0.05) is 38.4 Å². The number of rotatable bonds is 4. The lowest BCUT2D eigenvalue weighted by molar-refractivity contribution is 1.18. The normalized spacial score (nSPS) is 11.5. The second-order valence-electron chi connectivity index (χ2n) is 11.6. The van der Waals surface area contributed by atoms with Crippen molar-refractivity contribution in [2.45, 2.75) is 0 Å². The summed E-state index contributed by atoms with van der Waals surface area (Å²) in [6, 6.07) is 57.2. The van der Waals surface area contributed by atoms with Crippen LogP contribution in [0.25, 0.3) is 88.4 Å². The maximum absolute atomic E-state index is 5.31. The summed E-state index contributed by atoms with van der Waals surface area (Å²) in [5, 5.41) is 8.53. The molecule has 3 heteroatoms. The summed E-state index contributed by atoms with van der Waals surface area (Å²) in [6.45, 7) is 0. The summed E-state index contributed by atoms with van der Waals surface area (Å²) in [7, 11) is 0. The van der Waals surface area contributed by atoms with Gasteiger partial charge in [-0.15, -0.1) is 0 Å². The van der Waals surface area contributed by atoms with E-state index in [1.807, 2.05) is 36.4 Å². The molecule has 0 saturated carbocycles. The number of pyridine rings is 1. The minimum absolute atomic E-state index is 0.694. The molecule has 214 valence electrons. The second kappa shape index (κ2) is 10.8. The first-order valence-electron chi connectivity index (χ1n) is 15.5. The van der Waals surface area contributed by atoms with Gasteiger partial charge in [0.15, 0.2) is 5.82 Å². The first-order valence-corrected chi connectivity index (χ1v) is 15.5. The zero-order chi connectivity index (χ0) is 30.5. The Labute approximate surface area is 266 Å². The lowest BCUT2D eigenvalue weighted by atomic mass is 9.90. The number of para-hydroxylation sites is 1. The largest absolute Gasteiger partial charge is 0.247 e. The van der Waals surface area contributed by atoms with E-state index in [2.05, 4.69) is 127 Å². The topological polar surface area (TPSA) is 38.7 Å². The van der Waals surface area contributed by atoms with Crippen LogP contribution in [0.3, 0.4) is 0 Å². The van der Waals surface area contributed by atoms with E-state index in [0.29, 0.717) is 5.82 Å². The Morgan fingerprint density at radius 3 is 1.35 bits per heavy atom. The van der Waals surface area contributed by atoms with Gasteiger partial charge in [0.25, 0.3) is 0 Å². The Hall–Kier alpha value is -6.19. The molecule has 2 aromatic heterocycles. The molecule has 0 aliphatic rings. The minimum Gasteiger partial charge on any atom is -0.247 e. The van der Waals surface area contributed by atoms with Gasteiger partial charge in [-0.1, -0.05) is 152 Å². The summed E-state index contributed by atoms with van der Waals surface area (Å²) in [5.41, 5.74) is 7.90. The van der Waals surface area contributed by atoms with Crippen molar-refractivity contribution >= 4 is 43.2 Å². The van der Waals surface area contributed by atoms with Crippen LogP contribution in [0.4, 0.5) is 0 Å². The fraction of sp³-hybridized carbons (Fsp3) is 0. The van der Waals surface area contributed by atoms with Crippen molar-refractivity contribution in [3.05, 3.63) is 164 Å². The molecule has 3 nitrogen and oxygen atoms in total. The van der Waals surface area contributed by atoms with Crippen molar-refractivity contribution in [3.63, 3.8) is 0 Å². The van der Waals surface area contributed by atoms with Gasteiger partial charge in [-0.2, -0.15) is 0 Å². The fourth-order valence-electron chi connectivity index (χ4n) is 6.70. The van der Waals surface area contributed by atoms with Gasteiger partial charge in [-0.05, 0) is 33.7 Å².